The van der Waals surface area contributed by atoms with Gasteiger partial charge < -0.3 is 13.7 Å². The number of aryl methyl sites for hydroxylation is 1. The van der Waals surface area contributed by atoms with Gasteiger partial charge in [-0.1, -0.05) is 30.3 Å². The first-order valence-corrected chi connectivity index (χ1v) is 9.90. The van der Waals surface area contributed by atoms with E-state index in [2.05, 4.69) is 14.2 Å². The van der Waals surface area contributed by atoms with Crippen LogP contribution in [0.1, 0.15) is 42.6 Å². The van der Waals surface area contributed by atoms with E-state index < -0.39 is 44.5 Å². The molecule has 2 aromatic rings. The van der Waals surface area contributed by atoms with E-state index in [0.29, 0.717) is 5.56 Å². The molecule has 0 aliphatic rings. The van der Waals surface area contributed by atoms with Crippen molar-refractivity contribution in [2.75, 3.05) is 0 Å². The largest absolute Gasteiger partial charge is 0.534 e. The van der Waals surface area contributed by atoms with Gasteiger partial charge in [-0.2, -0.15) is 26.6 Å². The number of ether oxygens (including phenoxy) is 2. The van der Waals surface area contributed by atoms with Crippen molar-refractivity contribution < 1.29 is 40.0 Å². The molecule has 12 heteroatoms. The zero-order chi connectivity index (χ0) is 22.7. The first-order valence-electron chi connectivity index (χ1n) is 8.49. The third-order valence-corrected chi connectivity index (χ3v) is 4.18. The lowest BCUT2D eigenvalue weighted by Crippen LogP contribution is -2.29. The molecule has 0 saturated carbocycles. The fraction of sp³-hybridized carbons (Fsp3) is 0.389. The second kappa shape index (κ2) is 8.46. The van der Waals surface area contributed by atoms with Gasteiger partial charge in [0.25, 0.3) is 5.88 Å². The number of halogens is 3. The first kappa shape index (κ1) is 23.4. The van der Waals surface area contributed by atoms with Gasteiger partial charge in [-0.3, -0.25) is 0 Å². The molecule has 8 nitrogen and oxygen atoms in total. The fourth-order valence-electron chi connectivity index (χ4n) is 2.07. The smallest absolute Gasteiger partial charge is 0.481 e. The molecule has 0 aliphatic carbocycles. The number of hydrogen-bond acceptors (Lipinski definition) is 8. The molecule has 30 heavy (non-hydrogen) atoms. The van der Waals surface area contributed by atoms with Gasteiger partial charge in [0.05, 0.1) is 0 Å². The summed E-state index contributed by atoms with van der Waals surface area (Å²) in [6, 6.07) is 8.40. The Labute approximate surface area is 171 Å². The Morgan fingerprint density at radius 3 is 2.20 bits per heavy atom. The third-order valence-electron chi connectivity index (χ3n) is 3.24. The second-order valence-electron chi connectivity index (χ2n) is 7.01. The highest BCUT2D eigenvalue weighted by Crippen LogP contribution is 2.35. The van der Waals surface area contributed by atoms with E-state index in [0.717, 1.165) is 0 Å². The van der Waals surface area contributed by atoms with Crippen LogP contribution in [-0.2, 0) is 21.5 Å². The van der Waals surface area contributed by atoms with Crippen molar-refractivity contribution in [3.8, 4) is 11.6 Å². The molecular weight excluding hydrogens is 429 g/mol. The number of hydrogen-bond donors (Lipinski definition) is 0. The minimum Gasteiger partial charge on any atom is -0.481 e. The van der Waals surface area contributed by atoms with Gasteiger partial charge in [0.2, 0.25) is 5.75 Å². The molecule has 0 spiro atoms. The average molecular weight is 448 g/mol. The molecular formula is C18H19F3N2O6S. The quantitative estimate of drug-likeness (QED) is 0.375. The van der Waals surface area contributed by atoms with Crippen molar-refractivity contribution in [3.63, 3.8) is 0 Å². The Balaban J connectivity index is 2.54. The number of benzene rings is 1. The van der Waals surface area contributed by atoms with Gasteiger partial charge in [-0.05, 0) is 33.3 Å². The van der Waals surface area contributed by atoms with Crippen LogP contribution in [0, 0.1) is 6.92 Å². The van der Waals surface area contributed by atoms with Crippen LogP contribution < -0.4 is 8.92 Å². The van der Waals surface area contributed by atoms with E-state index in [9.17, 15) is 26.4 Å². The Hall–Kier alpha value is -2.89. The van der Waals surface area contributed by atoms with Crippen molar-refractivity contribution in [2.24, 2.45) is 0 Å². The monoisotopic (exact) mass is 448 g/mol. The molecule has 0 amide bonds. The van der Waals surface area contributed by atoms with Gasteiger partial charge in [-0.25, -0.2) is 9.78 Å². The van der Waals surface area contributed by atoms with Crippen molar-refractivity contribution in [3.05, 3.63) is 47.4 Å². The van der Waals surface area contributed by atoms with Crippen molar-refractivity contribution in [1.29, 1.82) is 0 Å². The highest BCUT2D eigenvalue weighted by atomic mass is 32.2. The summed E-state index contributed by atoms with van der Waals surface area (Å²) in [6.45, 7) is 5.70. The molecule has 0 bridgehead atoms. The molecule has 0 N–H and O–H groups in total. The van der Waals surface area contributed by atoms with E-state index in [1.54, 1.807) is 51.1 Å². The molecule has 1 heterocycles. The highest BCUT2D eigenvalue weighted by molar-refractivity contribution is 7.88. The zero-order valence-electron chi connectivity index (χ0n) is 16.5. The fourth-order valence-corrected chi connectivity index (χ4v) is 2.48. The molecule has 2 rings (SSSR count). The van der Waals surface area contributed by atoms with E-state index in [1.807, 2.05) is 0 Å². The summed E-state index contributed by atoms with van der Waals surface area (Å²) in [5.41, 5.74) is -6.67. The topological polar surface area (TPSA) is 105 Å². The predicted octanol–water partition coefficient (Wildman–Crippen LogP) is 3.55. The summed E-state index contributed by atoms with van der Waals surface area (Å²) >= 11 is 0. The number of nitrogens with zero attached hydrogens (tertiary/aromatic N) is 2. The Bertz CT molecular complexity index is 1020. The van der Waals surface area contributed by atoms with E-state index >= 15 is 0 Å². The Morgan fingerprint density at radius 2 is 1.67 bits per heavy atom. The lowest BCUT2D eigenvalue weighted by atomic mass is 10.2. The molecule has 1 aromatic heterocycles. The van der Waals surface area contributed by atoms with Crippen molar-refractivity contribution >= 4 is 16.1 Å². The van der Waals surface area contributed by atoms with Gasteiger partial charge in [0, 0.05) is 0 Å². The average Bonchev–Trinajstić information content (AvgIpc) is 2.58. The maximum absolute atomic E-state index is 12.8. The minimum atomic E-state index is -6.07. The first-order chi connectivity index (χ1) is 13.7. The predicted molar refractivity (Wildman–Crippen MR) is 98.3 cm³/mol. The highest BCUT2D eigenvalue weighted by Gasteiger charge is 2.49. The number of carbonyl (C=O) groups is 1. The lowest BCUT2D eigenvalue weighted by molar-refractivity contribution is -0.0502. The third kappa shape index (κ3) is 6.05. The van der Waals surface area contributed by atoms with Crippen molar-refractivity contribution in [1.82, 2.24) is 9.97 Å². The van der Waals surface area contributed by atoms with E-state index in [1.165, 1.54) is 6.92 Å². The van der Waals surface area contributed by atoms with Crippen LogP contribution in [0.25, 0.3) is 0 Å². The summed E-state index contributed by atoms with van der Waals surface area (Å²) in [6.07, 6.45) is 0. The van der Waals surface area contributed by atoms with Gasteiger partial charge in [0.15, 0.2) is 5.69 Å². The van der Waals surface area contributed by atoms with E-state index in [-0.39, 0.29) is 12.4 Å². The molecule has 0 unspecified atom stereocenters. The molecule has 1 aromatic carbocycles. The van der Waals surface area contributed by atoms with Crippen LogP contribution in [0.5, 0.6) is 11.6 Å². The standard InChI is InChI=1S/C18H19F3N2O6S/c1-11-22-13(16(24)28-17(2,3)4)14(27-10-12-8-6-5-7-9-12)15(23-11)29-30(25,26)18(19,20)21/h5-9H,10H2,1-4H3. The summed E-state index contributed by atoms with van der Waals surface area (Å²) in [5.74, 6) is -3.04. The van der Waals surface area contributed by atoms with Gasteiger partial charge in [-0.15, -0.1) is 0 Å². The molecule has 0 atom stereocenters. The maximum Gasteiger partial charge on any atom is 0.534 e. The summed E-state index contributed by atoms with van der Waals surface area (Å²) in [5, 5.41) is 0. The molecule has 0 fully saturated rings. The molecule has 0 saturated heterocycles. The number of rotatable bonds is 6. The number of alkyl halides is 3. The van der Waals surface area contributed by atoms with Gasteiger partial charge >= 0.3 is 21.6 Å². The van der Waals surface area contributed by atoms with Crippen LogP contribution in [-0.4, -0.2) is 35.5 Å². The second-order valence-corrected chi connectivity index (χ2v) is 8.55. The van der Waals surface area contributed by atoms with Crippen LogP contribution >= 0.6 is 0 Å². The van der Waals surface area contributed by atoms with Crippen LogP contribution in [0.4, 0.5) is 13.2 Å². The van der Waals surface area contributed by atoms with Crippen LogP contribution in [0.2, 0.25) is 0 Å². The number of carbonyl (C=O) groups excluding carboxylic acids is 1. The Kier molecular flexibility index (Phi) is 6.60. The zero-order valence-corrected chi connectivity index (χ0v) is 17.3. The SMILES string of the molecule is Cc1nc(OS(=O)(=O)C(F)(F)F)c(OCc2ccccc2)c(C(=O)OC(C)(C)C)n1. The normalized spacial score (nSPS) is 12.4. The van der Waals surface area contributed by atoms with Crippen LogP contribution in [0.3, 0.4) is 0 Å². The van der Waals surface area contributed by atoms with Crippen molar-refractivity contribution in [2.45, 2.75) is 45.4 Å². The molecule has 0 aliphatic heterocycles. The molecule has 164 valence electrons. The summed E-state index contributed by atoms with van der Waals surface area (Å²) in [7, 11) is -6.07. The van der Waals surface area contributed by atoms with E-state index in [4.69, 9.17) is 9.47 Å². The summed E-state index contributed by atoms with van der Waals surface area (Å²) in [4.78, 5) is 20.0. The number of aromatic nitrogens is 2. The summed E-state index contributed by atoms with van der Waals surface area (Å²) < 4.78 is 76.1. The minimum absolute atomic E-state index is 0.227. The lowest BCUT2D eigenvalue weighted by Gasteiger charge is -2.21. The van der Waals surface area contributed by atoms with Crippen LogP contribution in [0.15, 0.2) is 30.3 Å². The Morgan fingerprint density at radius 1 is 1.07 bits per heavy atom. The number of esters is 1. The molecule has 0 radical (unpaired) electrons. The van der Waals surface area contributed by atoms with Gasteiger partial charge in [0.1, 0.15) is 18.0 Å². The maximum atomic E-state index is 12.8.